The molecule has 1 aliphatic heterocycles. The molecule has 1 atom stereocenters. The zero-order valence-electron chi connectivity index (χ0n) is 21.4. The Morgan fingerprint density at radius 2 is 1.68 bits per heavy atom. The Kier molecular flexibility index (Phi) is 8.09. The zero-order valence-corrected chi connectivity index (χ0v) is 22.2. The van der Waals surface area contributed by atoms with Gasteiger partial charge in [0.25, 0.3) is 5.91 Å². The van der Waals surface area contributed by atoms with Gasteiger partial charge in [-0.2, -0.15) is 0 Å². The van der Waals surface area contributed by atoms with Gasteiger partial charge in [-0.3, -0.25) is 4.79 Å². The van der Waals surface area contributed by atoms with Crippen LogP contribution in [0.15, 0.2) is 62.9 Å². The van der Waals surface area contributed by atoms with Crippen LogP contribution >= 0.6 is 0 Å². The molecule has 0 N–H and O–H groups in total. The number of hydrogen-bond donors (Lipinski definition) is 0. The Morgan fingerprint density at radius 3 is 2.24 bits per heavy atom. The van der Waals surface area contributed by atoms with E-state index in [-0.39, 0.29) is 28.4 Å². The molecule has 1 saturated heterocycles. The number of nitrogens with zero attached hydrogens (tertiary/aromatic N) is 1. The molecule has 10 heteroatoms. The molecule has 0 saturated carbocycles. The summed E-state index contributed by atoms with van der Waals surface area (Å²) in [5.74, 6) is 0.852. The fourth-order valence-corrected chi connectivity index (χ4v) is 5.44. The van der Waals surface area contributed by atoms with Gasteiger partial charge in [-0.1, -0.05) is 17.7 Å². The first-order chi connectivity index (χ1) is 17.8. The smallest absolute Gasteiger partial charge is 0.290 e. The number of amides is 1. The van der Waals surface area contributed by atoms with E-state index in [2.05, 4.69) is 0 Å². The van der Waals surface area contributed by atoms with Crippen LogP contribution in [0.1, 0.15) is 34.5 Å². The molecule has 2 heterocycles. The number of aryl methyl sites for hydroxylation is 1. The van der Waals surface area contributed by atoms with Crippen LogP contribution in [0.4, 0.5) is 0 Å². The number of hydrogen-bond acceptors (Lipinski definition) is 8. The van der Waals surface area contributed by atoms with Crippen molar-refractivity contribution in [1.82, 2.24) is 4.90 Å². The number of rotatable bonds is 10. The summed E-state index contributed by atoms with van der Waals surface area (Å²) in [6, 6.07) is 12.7. The normalized spacial score (nSPS) is 15.4. The fraction of sp³-hybridized carbons (Fsp3) is 0.370. The lowest BCUT2D eigenvalue weighted by Gasteiger charge is -2.25. The maximum Gasteiger partial charge on any atom is 0.290 e. The summed E-state index contributed by atoms with van der Waals surface area (Å²) in [5, 5.41) is -0.287. The fourth-order valence-electron chi connectivity index (χ4n) is 4.27. The minimum atomic E-state index is -3.91. The first kappa shape index (κ1) is 26.6. The second kappa shape index (κ2) is 11.3. The van der Waals surface area contributed by atoms with E-state index in [4.69, 9.17) is 23.4 Å². The summed E-state index contributed by atoms with van der Waals surface area (Å²) < 4.78 is 53.8. The summed E-state index contributed by atoms with van der Waals surface area (Å²) in [5.41, 5.74) is 1.67. The van der Waals surface area contributed by atoms with E-state index in [1.165, 1.54) is 45.6 Å². The molecule has 3 aromatic rings. The van der Waals surface area contributed by atoms with Crippen LogP contribution < -0.4 is 14.2 Å². The van der Waals surface area contributed by atoms with E-state index >= 15 is 0 Å². The third kappa shape index (κ3) is 5.75. The zero-order chi connectivity index (χ0) is 26.6. The van der Waals surface area contributed by atoms with Gasteiger partial charge in [-0.05, 0) is 61.7 Å². The first-order valence-corrected chi connectivity index (χ1v) is 13.4. The molecule has 1 aliphatic rings. The summed E-state index contributed by atoms with van der Waals surface area (Å²) in [6.07, 6.45) is 1.61. The highest BCUT2D eigenvalue weighted by Gasteiger charge is 2.29. The number of carbonyl (C=O) groups is 1. The average molecular weight is 530 g/mol. The van der Waals surface area contributed by atoms with Gasteiger partial charge >= 0.3 is 0 Å². The molecule has 0 radical (unpaired) electrons. The lowest BCUT2D eigenvalue weighted by Crippen LogP contribution is -2.36. The molecule has 1 unspecified atom stereocenters. The quantitative estimate of drug-likeness (QED) is 0.384. The van der Waals surface area contributed by atoms with Gasteiger partial charge in [0.15, 0.2) is 17.3 Å². The number of sulfone groups is 1. The number of carbonyl (C=O) groups excluding carboxylic acids is 1. The molecule has 4 rings (SSSR count). The van der Waals surface area contributed by atoms with Crippen LogP contribution in [0.3, 0.4) is 0 Å². The maximum absolute atomic E-state index is 13.6. The Bertz CT molecular complexity index is 1320. The summed E-state index contributed by atoms with van der Waals surface area (Å²) >= 11 is 0. The van der Waals surface area contributed by atoms with Crippen molar-refractivity contribution in [2.45, 2.75) is 42.4 Å². The molecule has 1 amide bonds. The predicted molar refractivity (Wildman–Crippen MR) is 135 cm³/mol. The Labute approximate surface area is 216 Å². The number of furan rings is 1. The SMILES string of the molecule is COc1cc(CN(CC2CCCO2)C(=O)c2ccc(S(=O)(=O)c3ccc(C)cc3)o2)cc(OC)c1OC. The standard InChI is InChI=1S/C27H31NO8S/c1-18-7-9-21(10-8-18)37(30,31)25-12-11-22(36-25)27(29)28(17-20-6-5-13-35-20)16-19-14-23(32-2)26(34-4)24(15-19)33-3/h7-12,14-15,20H,5-6,13,16-17H2,1-4H3. The lowest BCUT2D eigenvalue weighted by molar-refractivity contribution is 0.0479. The highest BCUT2D eigenvalue weighted by Crippen LogP contribution is 2.38. The summed E-state index contributed by atoms with van der Waals surface area (Å²) in [7, 11) is 0.656. The van der Waals surface area contributed by atoms with E-state index in [9.17, 15) is 13.2 Å². The van der Waals surface area contributed by atoms with Crippen LogP contribution in [0.2, 0.25) is 0 Å². The number of ether oxygens (including phenoxy) is 4. The van der Waals surface area contributed by atoms with Gasteiger partial charge in [-0.25, -0.2) is 8.42 Å². The van der Waals surface area contributed by atoms with Gasteiger partial charge in [0.1, 0.15) is 0 Å². The van der Waals surface area contributed by atoms with Crippen molar-refractivity contribution >= 4 is 15.7 Å². The Hall–Kier alpha value is -3.50. The third-order valence-electron chi connectivity index (χ3n) is 6.22. The predicted octanol–water partition coefficient (Wildman–Crippen LogP) is 4.27. The third-order valence-corrected chi connectivity index (χ3v) is 7.86. The molecule has 37 heavy (non-hydrogen) atoms. The van der Waals surface area contributed by atoms with Gasteiger partial charge in [-0.15, -0.1) is 0 Å². The largest absolute Gasteiger partial charge is 0.493 e. The molecule has 9 nitrogen and oxygen atoms in total. The van der Waals surface area contributed by atoms with Gasteiger partial charge < -0.3 is 28.3 Å². The molecular weight excluding hydrogens is 498 g/mol. The Balaban J connectivity index is 1.64. The Morgan fingerprint density at radius 1 is 1.00 bits per heavy atom. The van der Waals surface area contributed by atoms with Crippen LogP contribution in [0.5, 0.6) is 17.2 Å². The topological polar surface area (TPSA) is 105 Å². The van der Waals surface area contributed by atoms with Crippen LogP contribution in [-0.4, -0.2) is 59.8 Å². The second-order valence-corrected chi connectivity index (χ2v) is 10.7. The van der Waals surface area contributed by atoms with Crippen molar-refractivity contribution in [3.63, 3.8) is 0 Å². The van der Waals surface area contributed by atoms with Gasteiger partial charge in [0.05, 0.1) is 32.3 Å². The van der Waals surface area contributed by atoms with Crippen molar-refractivity contribution in [1.29, 1.82) is 0 Å². The van der Waals surface area contributed by atoms with E-state index in [1.54, 1.807) is 29.2 Å². The minimum absolute atomic E-state index is 0.0730. The molecule has 0 spiro atoms. The summed E-state index contributed by atoms with van der Waals surface area (Å²) in [4.78, 5) is 15.3. The van der Waals surface area contributed by atoms with Crippen LogP contribution in [0, 0.1) is 6.92 Å². The summed E-state index contributed by atoms with van der Waals surface area (Å²) in [6.45, 7) is 3.01. The molecule has 2 aromatic carbocycles. The van der Waals surface area contributed by atoms with Crippen molar-refractivity contribution < 1.29 is 36.6 Å². The second-order valence-electron chi connectivity index (χ2n) is 8.79. The average Bonchev–Trinajstić information content (AvgIpc) is 3.60. The van der Waals surface area contributed by atoms with E-state index in [1.807, 2.05) is 6.92 Å². The lowest BCUT2D eigenvalue weighted by atomic mass is 10.1. The molecular formula is C27H31NO8S. The van der Waals surface area contributed by atoms with Crippen LogP contribution in [0.25, 0.3) is 0 Å². The van der Waals surface area contributed by atoms with Crippen molar-refractivity contribution in [2.75, 3.05) is 34.5 Å². The molecule has 198 valence electrons. The molecule has 0 bridgehead atoms. The molecule has 0 aliphatic carbocycles. The maximum atomic E-state index is 13.6. The number of methoxy groups -OCH3 is 3. The van der Waals surface area contributed by atoms with E-state index in [0.717, 1.165) is 24.0 Å². The highest BCUT2D eigenvalue weighted by molar-refractivity contribution is 7.91. The number of benzene rings is 2. The molecule has 1 aromatic heterocycles. The van der Waals surface area contributed by atoms with Crippen molar-refractivity contribution in [2.24, 2.45) is 0 Å². The van der Waals surface area contributed by atoms with E-state index < -0.39 is 15.7 Å². The minimum Gasteiger partial charge on any atom is -0.493 e. The van der Waals surface area contributed by atoms with Crippen molar-refractivity contribution in [3.8, 4) is 17.2 Å². The monoisotopic (exact) mass is 529 g/mol. The van der Waals surface area contributed by atoms with Crippen LogP contribution in [-0.2, 0) is 21.1 Å². The van der Waals surface area contributed by atoms with Gasteiger partial charge in [0.2, 0.25) is 20.7 Å². The highest BCUT2D eigenvalue weighted by atomic mass is 32.2. The van der Waals surface area contributed by atoms with Crippen molar-refractivity contribution in [3.05, 3.63) is 65.4 Å². The molecule has 1 fully saturated rings. The first-order valence-electron chi connectivity index (χ1n) is 11.9. The van der Waals surface area contributed by atoms with E-state index in [0.29, 0.717) is 30.4 Å². The van der Waals surface area contributed by atoms with Gasteiger partial charge in [0, 0.05) is 19.7 Å².